The number of nitrogens with zero attached hydrogens (tertiary/aromatic N) is 4. The summed E-state index contributed by atoms with van der Waals surface area (Å²) in [5.74, 6) is 0.0809. The number of fused-ring (bicyclic) bond motifs is 1. The minimum Gasteiger partial charge on any atom is -0.378 e. The van der Waals surface area contributed by atoms with E-state index in [9.17, 15) is 9.59 Å². The molecule has 0 unspecified atom stereocenters. The van der Waals surface area contributed by atoms with Crippen molar-refractivity contribution in [2.75, 3.05) is 36.5 Å². The van der Waals surface area contributed by atoms with E-state index >= 15 is 0 Å². The number of ether oxygens (including phenoxy) is 1. The van der Waals surface area contributed by atoms with Gasteiger partial charge in [0.1, 0.15) is 12.4 Å². The molecule has 0 bridgehead atoms. The summed E-state index contributed by atoms with van der Waals surface area (Å²) in [5, 5.41) is 8.06. The molecule has 4 rings (SSSR count). The molecule has 2 aromatic heterocycles. The summed E-state index contributed by atoms with van der Waals surface area (Å²) in [4.78, 5) is 31.2. The Bertz CT molecular complexity index is 1010. The highest BCUT2D eigenvalue weighted by atomic mass is 16.5. The first-order valence-electron chi connectivity index (χ1n) is 8.74. The van der Waals surface area contributed by atoms with Crippen LogP contribution in [0.25, 0.3) is 10.8 Å². The molecule has 0 saturated carbocycles. The number of carbonyl (C=O) groups excluding carboxylic acids is 1. The number of hydrogen-bond donors (Lipinski definition) is 1. The van der Waals surface area contributed by atoms with Gasteiger partial charge in [0.15, 0.2) is 0 Å². The molecule has 0 atom stereocenters. The van der Waals surface area contributed by atoms with Crippen molar-refractivity contribution < 1.29 is 9.53 Å². The van der Waals surface area contributed by atoms with Gasteiger partial charge < -0.3 is 15.0 Å². The van der Waals surface area contributed by atoms with Crippen LogP contribution in [0.4, 0.5) is 11.5 Å². The zero-order valence-corrected chi connectivity index (χ0v) is 14.7. The highest BCUT2D eigenvalue weighted by Gasteiger charge is 2.12. The van der Waals surface area contributed by atoms with E-state index < -0.39 is 0 Å². The van der Waals surface area contributed by atoms with Crippen molar-refractivity contribution in [2.24, 2.45) is 0 Å². The molecule has 1 amide bonds. The fourth-order valence-corrected chi connectivity index (χ4v) is 3.03. The number of amides is 1. The maximum absolute atomic E-state index is 12.4. The van der Waals surface area contributed by atoms with E-state index in [1.807, 2.05) is 18.2 Å². The van der Waals surface area contributed by atoms with E-state index in [2.05, 4.69) is 20.3 Å². The van der Waals surface area contributed by atoms with Gasteiger partial charge in [-0.25, -0.2) is 9.67 Å². The fourth-order valence-electron chi connectivity index (χ4n) is 3.03. The van der Waals surface area contributed by atoms with Crippen LogP contribution in [-0.4, -0.2) is 47.0 Å². The van der Waals surface area contributed by atoms with Gasteiger partial charge in [0, 0.05) is 18.5 Å². The van der Waals surface area contributed by atoms with Crippen molar-refractivity contribution in [3.63, 3.8) is 0 Å². The van der Waals surface area contributed by atoms with Crippen LogP contribution in [0.5, 0.6) is 0 Å². The van der Waals surface area contributed by atoms with Crippen molar-refractivity contribution in [2.45, 2.75) is 6.54 Å². The molecule has 8 heteroatoms. The van der Waals surface area contributed by atoms with Crippen LogP contribution in [-0.2, 0) is 16.1 Å². The molecule has 1 aliphatic rings. The topological polar surface area (TPSA) is 89.4 Å². The Morgan fingerprint density at radius 1 is 1.11 bits per heavy atom. The lowest BCUT2D eigenvalue weighted by Crippen LogP contribution is -2.36. The van der Waals surface area contributed by atoms with Crippen molar-refractivity contribution >= 4 is 28.2 Å². The molecule has 1 fully saturated rings. The van der Waals surface area contributed by atoms with E-state index in [1.54, 1.807) is 30.6 Å². The lowest BCUT2D eigenvalue weighted by molar-refractivity contribution is -0.117. The summed E-state index contributed by atoms with van der Waals surface area (Å²) in [5.41, 5.74) is 0.697. The van der Waals surface area contributed by atoms with Crippen molar-refractivity contribution in [1.82, 2.24) is 14.8 Å². The summed E-state index contributed by atoms with van der Waals surface area (Å²) in [6.07, 6.45) is 3.31. The molecule has 1 aliphatic heterocycles. The lowest BCUT2D eigenvalue weighted by Gasteiger charge is -2.28. The van der Waals surface area contributed by atoms with E-state index in [4.69, 9.17) is 4.74 Å². The summed E-state index contributed by atoms with van der Waals surface area (Å²) >= 11 is 0. The van der Waals surface area contributed by atoms with Gasteiger partial charge in [0.2, 0.25) is 5.91 Å². The molecule has 27 heavy (non-hydrogen) atoms. The monoisotopic (exact) mass is 365 g/mol. The van der Waals surface area contributed by atoms with Gasteiger partial charge in [-0.3, -0.25) is 9.59 Å². The normalized spacial score (nSPS) is 14.3. The lowest BCUT2D eigenvalue weighted by atomic mass is 10.2. The second-order valence-corrected chi connectivity index (χ2v) is 6.24. The maximum atomic E-state index is 12.4. The number of benzene rings is 1. The summed E-state index contributed by atoms with van der Waals surface area (Å²) < 4.78 is 6.49. The molecule has 3 aromatic rings. The Hall–Kier alpha value is -3.26. The Balaban J connectivity index is 1.43. The zero-order chi connectivity index (χ0) is 18.6. The number of anilines is 2. The molecule has 1 saturated heterocycles. The van der Waals surface area contributed by atoms with Gasteiger partial charge in [-0.15, -0.1) is 0 Å². The highest BCUT2D eigenvalue weighted by Crippen LogP contribution is 2.16. The number of carbonyl (C=O) groups is 1. The van der Waals surface area contributed by atoms with Crippen LogP contribution in [0.3, 0.4) is 0 Å². The molecule has 138 valence electrons. The summed E-state index contributed by atoms with van der Waals surface area (Å²) in [6, 6.07) is 10.8. The van der Waals surface area contributed by atoms with E-state index in [-0.39, 0.29) is 18.0 Å². The Kier molecular flexibility index (Phi) is 4.80. The van der Waals surface area contributed by atoms with Crippen LogP contribution in [0, 0.1) is 0 Å². The molecule has 1 aromatic carbocycles. The number of hydrogen-bond acceptors (Lipinski definition) is 6. The standard InChI is InChI=1S/C19H19N5O3/c25-18(13-24-19(26)16-4-2-1-3-14(16)11-21-24)22-17-6-5-15(12-20-17)23-7-9-27-10-8-23/h1-6,11-12H,7-10,13H2,(H,20,22,25). The SMILES string of the molecule is O=C(Cn1ncc2ccccc2c1=O)Nc1ccc(N2CCOCC2)cn1. The van der Waals surface area contributed by atoms with Crippen LogP contribution >= 0.6 is 0 Å². The van der Waals surface area contributed by atoms with Gasteiger partial charge in [-0.2, -0.15) is 5.10 Å². The minimum absolute atomic E-state index is 0.170. The van der Waals surface area contributed by atoms with Crippen LogP contribution in [0.15, 0.2) is 53.6 Å². The molecule has 3 heterocycles. The third-order valence-electron chi connectivity index (χ3n) is 4.45. The van der Waals surface area contributed by atoms with Gasteiger partial charge in [0.05, 0.1) is 36.7 Å². The quantitative estimate of drug-likeness (QED) is 0.749. The largest absolute Gasteiger partial charge is 0.378 e. The van der Waals surface area contributed by atoms with Crippen molar-refractivity contribution in [1.29, 1.82) is 0 Å². The number of aromatic nitrogens is 3. The van der Waals surface area contributed by atoms with E-state index in [0.717, 1.165) is 28.8 Å². The first kappa shape index (κ1) is 17.2. The maximum Gasteiger partial charge on any atom is 0.275 e. The fraction of sp³-hybridized carbons (Fsp3) is 0.263. The van der Waals surface area contributed by atoms with Crippen molar-refractivity contribution in [3.8, 4) is 0 Å². The molecule has 1 N–H and O–H groups in total. The van der Waals surface area contributed by atoms with Crippen molar-refractivity contribution in [3.05, 3.63) is 59.1 Å². The first-order valence-corrected chi connectivity index (χ1v) is 8.74. The number of pyridine rings is 1. The third-order valence-corrected chi connectivity index (χ3v) is 4.45. The predicted molar refractivity (Wildman–Crippen MR) is 102 cm³/mol. The molecule has 8 nitrogen and oxygen atoms in total. The molecule has 0 aliphatic carbocycles. The second kappa shape index (κ2) is 7.55. The highest BCUT2D eigenvalue weighted by molar-refractivity contribution is 5.90. The zero-order valence-electron chi connectivity index (χ0n) is 14.7. The van der Waals surface area contributed by atoms with Crippen LogP contribution < -0.4 is 15.8 Å². The van der Waals surface area contributed by atoms with Gasteiger partial charge in [-0.05, 0) is 18.2 Å². The van der Waals surface area contributed by atoms with E-state index in [0.29, 0.717) is 24.4 Å². The average Bonchev–Trinajstić information content (AvgIpc) is 2.71. The Morgan fingerprint density at radius 3 is 2.70 bits per heavy atom. The summed E-state index contributed by atoms with van der Waals surface area (Å²) in [7, 11) is 0. The molecule has 0 spiro atoms. The molecule has 0 radical (unpaired) electrons. The average molecular weight is 365 g/mol. The van der Waals surface area contributed by atoms with Crippen LogP contribution in [0.1, 0.15) is 0 Å². The van der Waals surface area contributed by atoms with Gasteiger partial charge >= 0.3 is 0 Å². The third kappa shape index (κ3) is 3.80. The molecular formula is C19H19N5O3. The van der Waals surface area contributed by atoms with Gasteiger partial charge in [0.25, 0.3) is 5.56 Å². The smallest absolute Gasteiger partial charge is 0.275 e. The Morgan fingerprint density at radius 2 is 1.93 bits per heavy atom. The predicted octanol–water partition coefficient (Wildman–Crippen LogP) is 1.27. The summed E-state index contributed by atoms with van der Waals surface area (Å²) in [6.45, 7) is 2.88. The Labute approximate surface area is 155 Å². The number of nitrogens with one attached hydrogen (secondary N) is 1. The van der Waals surface area contributed by atoms with Crippen LogP contribution in [0.2, 0.25) is 0 Å². The van der Waals surface area contributed by atoms with E-state index in [1.165, 1.54) is 0 Å². The number of rotatable bonds is 4. The minimum atomic E-state index is -0.355. The van der Waals surface area contributed by atoms with Gasteiger partial charge in [-0.1, -0.05) is 18.2 Å². The first-order chi connectivity index (χ1) is 13.2. The molecular weight excluding hydrogens is 346 g/mol. The number of morpholine rings is 1. The second-order valence-electron chi connectivity index (χ2n) is 6.24.